The highest BCUT2D eigenvalue weighted by atomic mass is 35.5. The van der Waals surface area contributed by atoms with E-state index < -0.39 is 0 Å². The van der Waals surface area contributed by atoms with Crippen LogP contribution in [0.4, 0.5) is 5.69 Å². The van der Waals surface area contributed by atoms with E-state index in [2.05, 4.69) is 28.9 Å². The van der Waals surface area contributed by atoms with Crippen molar-refractivity contribution in [2.45, 2.75) is 25.7 Å². The Balaban J connectivity index is 1.75. The SMILES string of the molecule is [CH2]CCCCCN1CCN(c2ccccc2Cl)CC1. The second-order valence-electron chi connectivity index (χ2n) is 5.19. The lowest BCUT2D eigenvalue weighted by molar-refractivity contribution is 0.252. The number of hydrogen-bond donors (Lipinski definition) is 0. The second-order valence-corrected chi connectivity index (χ2v) is 5.60. The summed E-state index contributed by atoms with van der Waals surface area (Å²) in [6.45, 7) is 9.58. The minimum atomic E-state index is 0.867. The van der Waals surface area contributed by atoms with Crippen molar-refractivity contribution in [3.63, 3.8) is 0 Å². The summed E-state index contributed by atoms with van der Waals surface area (Å²) in [6, 6.07) is 8.14. The van der Waals surface area contributed by atoms with Gasteiger partial charge in [0.2, 0.25) is 0 Å². The lowest BCUT2D eigenvalue weighted by Crippen LogP contribution is -2.46. The summed E-state index contributed by atoms with van der Waals surface area (Å²) in [7, 11) is 0. The molecule has 2 rings (SSSR count). The first-order valence-corrected chi connectivity index (χ1v) is 7.70. The smallest absolute Gasteiger partial charge is 0.0639 e. The number of piperazine rings is 1. The molecule has 1 radical (unpaired) electrons. The molecule has 1 aliphatic heterocycles. The number of halogens is 1. The van der Waals surface area contributed by atoms with Crippen molar-refractivity contribution >= 4 is 17.3 Å². The first kappa shape index (κ1) is 14.7. The molecule has 105 valence electrons. The van der Waals surface area contributed by atoms with E-state index in [0.717, 1.165) is 37.6 Å². The van der Waals surface area contributed by atoms with Gasteiger partial charge in [-0.05, 0) is 25.1 Å². The fourth-order valence-electron chi connectivity index (χ4n) is 2.61. The van der Waals surface area contributed by atoms with Crippen LogP contribution >= 0.6 is 11.6 Å². The molecular formula is C16H24ClN2. The van der Waals surface area contributed by atoms with Gasteiger partial charge < -0.3 is 4.90 Å². The average Bonchev–Trinajstić information content (AvgIpc) is 2.45. The van der Waals surface area contributed by atoms with Gasteiger partial charge in [0.05, 0.1) is 10.7 Å². The van der Waals surface area contributed by atoms with Crippen LogP contribution in [0.2, 0.25) is 5.02 Å². The monoisotopic (exact) mass is 279 g/mol. The Morgan fingerprint density at radius 1 is 1.00 bits per heavy atom. The molecule has 1 saturated heterocycles. The van der Waals surface area contributed by atoms with Gasteiger partial charge >= 0.3 is 0 Å². The molecule has 0 N–H and O–H groups in total. The third kappa shape index (κ3) is 4.39. The number of hydrogen-bond acceptors (Lipinski definition) is 2. The van der Waals surface area contributed by atoms with Gasteiger partial charge in [0, 0.05) is 26.2 Å². The van der Waals surface area contributed by atoms with E-state index in [1.807, 2.05) is 12.1 Å². The van der Waals surface area contributed by atoms with Crippen LogP contribution in [-0.4, -0.2) is 37.6 Å². The molecule has 1 heterocycles. The van der Waals surface area contributed by atoms with Gasteiger partial charge in [-0.1, -0.05) is 49.9 Å². The van der Waals surface area contributed by atoms with Gasteiger partial charge in [-0.2, -0.15) is 0 Å². The van der Waals surface area contributed by atoms with Crippen molar-refractivity contribution in [2.75, 3.05) is 37.6 Å². The summed E-state index contributed by atoms with van der Waals surface area (Å²) in [6.07, 6.45) is 4.95. The van der Waals surface area contributed by atoms with Gasteiger partial charge in [-0.25, -0.2) is 0 Å². The molecule has 19 heavy (non-hydrogen) atoms. The highest BCUT2D eigenvalue weighted by Gasteiger charge is 2.17. The number of nitrogens with zero attached hydrogens (tertiary/aromatic N) is 2. The van der Waals surface area contributed by atoms with Gasteiger partial charge in [-0.15, -0.1) is 0 Å². The van der Waals surface area contributed by atoms with E-state index >= 15 is 0 Å². The van der Waals surface area contributed by atoms with Crippen LogP contribution in [0.1, 0.15) is 25.7 Å². The number of anilines is 1. The minimum absolute atomic E-state index is 0.867. The predicted molar refractivity (Wildman–Crippen MR) is 83.9 cm³/mol. The van der Waals surface area contributed by atoms with Gasteiger partial charge in [-0.3, -0.25) is 4.90 Å². The van der Waals surface area contributed by atoms with Crippen LogP contribution in [0.3, 0.4) is 0 Å². The van der Waals surface area contributed by atoms with Crippen LogP contribution in [0.25, 0.3) is 0 Å². The van der Waals surface area contributed by atoms with Crippen molar-refractivity contribution in [1.82, 2.24) is 4.90 Å². The minimum Gasteiger partial charge on any atom is -0.368 e. The fourth-order valence-corrected chi connectivity index (χ4v) is 2.86. The van der Waals surface area contributed by atoms with E-state index in [1.54, 1.807) is 0 Å². The Kier molecular flexibility index (Phi) is 5.99. The number of unbranched alkanes of at least 4 members (excludes halogenated alkanes) is 3. The summed E-state index contributed by atoms with van der Waals surface area (Å²) < 4.78 is 0. The Morgan fingerprint density at radius 3 is 2.42 bits per heavy atom. The molecule has 1 aromatic rings. The van der Waals surface area contributed by atoms with E-state index in [9.17, 15) is 0 Å². The van der Waals surface area contributed by atoms with Crippen molar-refractivity contribution < 1.29 is 0 Å². The summed E-state index contributed by atoms with van der Waals surface area (Å²) in [4.78, 5) is 4.96. The van der Waals surface area contributed by atoms with Crippen LogP contribution < -0.4 is 4.90 Å². The molecule has 0 atom stereocenters. The summed E-state index contributed by atoms with van der Waals surface area (Å²) in [5.74, 6) is 0. The molecule has 2 nitrogen and oxygen atoms in total. The topological polar surface area (TPSA) is 6.48 Å². The first-order chi connectivity index (χ1) is 9.31. The quantitative estimate of drug-likeness (QED) is 0.730. The van der Waals surface area contributed by atoms with E-state index in [0.29, 0.717) is 0 Å². The van der Waals surface area contributed by atoms with Crippen LogP contribution in [0, 0.1) is 6.92 Å². The van der Waals surface area contributed by atoms with Crippen molar-refractivity contribution in [3.05, 3.63) is 36.2 Å². The largest absolute Gasteiger partial charge is 0.368 e. The molecule has 0 spiro atoms. The Morgan fingerprint density at radius 2 is 1.74 bits per heavy atom. The standard InChI is InChI=1S/C16H24ClN2/c1-2-3-4-7-10-18-11-13-19(14-12-18)16-9-6-5-8-15(16)17/h5-6,8-9H,1-4,7,10-14H2. The summed E-state index contributed by atoms with van der Waals surface area (Å²) >= 11 is 6.25. The molecule has 3 heteroatoms. The lowest BCUT2D eigenvalue weighted by Gasteiger charge is -2.36. The third-order valence-corrected chi connectivity index (χ3v) is 4.11. The number of benzene rings is 1. The molecule has 0 aliphatic carbocycles. The zero-order valence-electron chi connectivity index (χ0n) is 11.7. The molecule has 1 aromatic carbocycles. The third-order valence-electron chi connectivity index (χ3n) is 3.79. The summed E-state index contributed by atoms with van der Waals surface area (Å²) in [5, 5.41) is 0.867. The number of para-hydroxylation sites is 1. The zero-order chi connectivity index (χ0) is 13.5. The molecule has 0 amide bonds. The fraction of sp³-hybridized carbons (Fsp3) is 0.562. The maximum absolute atomic E-state index is 6.25. The van der Waals surface area contributed by atoms with Gasteiger partial charge in [0.25, 0.3) is 0 Å². The highest BCUT2D eigenvalue weighted by molar-refractivity contribution is 6.33. The molecule has 1 fully saturated rings. The van der Waals surface area contributed by atoms with E-state index in [1.165, 1.54) is 31.5 Å². The van der Waals surface area contributed by atoms with Crippen LogP contribution in [0.15, 0.2) is 24.3 Å². The highest BCUT2D eigenvalue weighted by Crippen LogP contribution is 2.26. The molecule has 0 bridgehead atoms. The Hall–Kier alpha value is -0.730. The van der Waals surface area contributed by atoms with Gasteiger partial charge in [0.15, 0.2) is 0 Å². The van der Waals surface area contributed by atoms with Crippen molar-refractivity contribution in [3.8, 4) is 0 Å². The average molecular weight is 280 g/mol. The zero-order valence-corrected chi connectivity index (χ0v) is 12.4. The maximum Gasteiger partial charge on any atom is 0.0639 e. The Labute approximate surface area is 122 Å². The predicted octanol–water partition coefficient (Wildman–Crippen LogP) is 3.86. The normalized spacial score (nSPS) is 16.8. The molecular weight excluding hydrogens is 256 g/mol. The lowest BCUT2D eigenvalue weighted by atomic mass is 10.2. The van der Waals surface area contributed by atoms with Crippen molar-refractivity contribution in [2.24, 2.45) is 0 Å². The Bertz CT molecular complexity index is 373. The summed E-state index contributed by atoms with van der Waals surface area (Å²) in [5.41, 5.74) is 1.18. The van der Waals surface area contributed by atoms with Crippen molar-refractivity contribution in [1.29, 1.82) is 0 Å². The maximum atomic E-state index is 6.25. The number of rotatable bonds is 6. The van der Waals surface area contributed by atoms with E-state index in [4.69, 9.17) is 11.6 Å². The first-order valence-electron chi connectivity index (χ1n) is 7.32. The van der Waals surface area contributed by atoms with Gasteiger partial charge in [0.1, 0.15) is 0 Å². The van der Waals surface area contributed by atoms with E-state index in [-0.39, 0.29) is 0 Å². The van der Waals surface area contributed by atoms with Crippen LogP contribution in [-0.2, 0) is 0 Å². The van der Waals surface area contributed by atoms with Crippen LogP contribution in [0.5, 0.6) is 0 Å². The second kappa shape index (κ2) is 7.76. The molecule has 0 aromatic heterocycles. The molecule has 0 unspecified atom stereocenters. The molecule has 0 saturated carbocycles. The molecule has 1 aliphatic rings.